The molecule has 1 aromatic heterocycles. The van der Waals surface area contributed by atoms with Gasteiger partial charge < -0.3 is 10.3 Å². The molecule has 2 N–H and O–H groups in total. The predicted molar refractivity (Wildman–Crippen MR) is 66.7 cm³/mol. The highest BCUT2D eigenvalue weighted by Crippen LogP contribution is 2.28. The second-order valence-corrected chi connectivity index (χ2v) is 4.37. The van der Waals surface area contributed by atoms with E-state index in [0.717, 1.165) is 6.42 Å². The van der Waals surface area contributed by atoms with E-state index < -0.39 is 5.82 Å². The van der Waals surface area contributed by atoms with E-state index in [1.807, 2.05) is 6.92 Å². The van der Waals surface area contributed by atoms with Crippen molar-refractivity contribution in [3.05, 3.63) is 34.9 Å². The molecule has 0 spiro atoms. The van der Waals surface area contributed by atoms with Gasteiger partial charge in [-0.25, -0.2) is 4.39 Å². The smallest absolute Gasteiger partial charge is 0.259 e. The van der Waals surface area contributed by atoms with Gasteiger partial charge in [0.1, 0.15) is 5.82 Å². The number of nitrogens with two attached hydrogens (primary N) is 1. The number of nitrogens with zero attached hydrogens (tertiary/aromatic N) is 2. The SMILES string of the molecule is CCC(N)Cc1noc(-c2cccc(F)c2Cl)n1. The standard InChI is InChI=1S/C12H13ClFN3O/c1-2-7(15)6-10-16-12(18-17-10)8-4-3-5-9(14)11(8)13/h3-5,7H,2,6,15H2,1H3. The molecule has 0 aliphatic carbocycles. The fraction of sp³-hybridized carbons (Fsp3) is 0.333. The minimum absolute atomic E-state index is 0.0153. The molecule has 0 aliphatic rings. The highest BCUT2D eigenvalue weighted by Gasteiger charge is 2.15. The van der Waals surface area contributed by atoms with Gasteiger partial charge in [-0.3, -0.25) is 0 Å². The number of aromatic nitrogens is 2. The maximum Gasteiger partial charge on any atom is 0.259 e. The Hall–Kier alpha value is -1.46. The number of hydrogen-bond acceptors (Lipinski definition) is 4. The summed E-state index contributed by atoms with van der Waals surface area (Å²) in [5.74, 6) is 0.191. The summed E-state index contributed by atoms with van der Waals surface area (Å²) in [6.45, 7) is 1.98. The van der Waals surface area contributed by atoms with Gasteiger partial charge >= 0.3 is 0 Å². The molecule has 0 fully saturated rings. The van der Waals surface area contributed by atoms with Crippen molar-refractivity contribution in [2.75, 3.05) is 0 Å². The van der Waals surface area contributed by atoms with Crippen LogP contribution in [0.5, 0.6) is 0 Å². The first-order valence-corrected chi connectivity index (χ1v) is 6.02. The van der Waals surface area contributed by atoms with Crippen molar-refractivity contribution in [1.29, 1.82) is 0 Å². The topological polar surface area (TPSA) is 64.9 Å². The molecule has 2 rings (SSSR count). The molecule has 1 aromatic carbocycles. The van der Waals surface area contributed by atoms with Crippen LogP contribution in [0.2, 0.25) is 5.02 Å². The van der Waals surface area contributed by atoms with Crippen LogP contribution in [0.15, 0.2) is 22.7 Å². The van der Waals surface area contributed by atoms with Crippen molar-refractivity contribution in [3.8, 4) is 11.5 Å². The van der Waals surface area contributed by atoms with E-state index in [-0.39, 0.29) is 17.0 Å². The Labute approximate surface area is 109 Å². The molecule has 0 amide bonds. The van der Waals surface area contributed by atoms with Gasteiger partial charge in [0.15, 0.2) is 5.82 Å². The third-order valence-electron chi connectivity index (χ3n) is 2.62. The molecule has 6 heteroatoms. The minimum Gasteiger partial charge on any atom is -0.334 e. The first-order chi connectivity index (χ1) is 8.61. The summed E-state index contributed by atoms with van der Waals surface area (Å²) >= 11 is 5.84. The van der Waals surface area contributed by atoms with Crippen molar-refractivity contribution < 1.29 is 8.91 Å². The lowest BCUT2D eigenvalue weighted by molar-refractivity contribution is 0.419. The van der Waals surface area contributed by atoms with Crippen molar-refractivity contribution in [3.63, 3.8) is 0 Å². The Morgan fingerprint density at radius 1 is 1.50 bits per heavy atom. The van der Waals surface area contributed by atoms with Crippen LogP contribution >= 0.6 is 11.6 Å². The van der Waals surface area contributed by atoms with Crippen LogP contribution in [-0.4, -0.2) is 16.2 Å². The van der Waals surface area contributed by atoms with Gasteiger partial charge in [0.2, 0.25) is 0 Å². The van der Waals surface area contributed by atoms with Crippen molar-refractivity contribution in [2.45, 2.75) is 25.8 Å². The predicted octanol–water partition coefficient (Wildman–Crippen LogP) is 2.81. The zero-order chi connectivity index (χ0) is 13.1. The molecule has 1 atom stereocenters. The summed E-state index contributed by atoms with van der Waals surface area (Å²) < 4.78 is 18.4. The molecule has 0 radical (unpaired) electrons. The summed E-state index contributed by atoms with van der Waals surface area (Å²) in [6, 6.07) is 4.43. The summed E-state index contributed by atoms with van der Waals surface area (Å²) in [6.07, 6.45) is 1.34. The lowest BCUT2D eigenvalue weighted by atomic mass is 10.1. The van der Waals surface area contributed by atoms with E-state index >= 15 is 0 Å². The summed E-state index contributed by atoms with van der Waals surface area (Å²) in [4.78, 5) is 4.16. The molecular weight excluding hydrogens is 257 g/mol. The van der Waals surface area contributed by atoms with E-state index in [9.17, 15) is 4.39 Å². The van der Waals surface area contributed by atoms with Crippen LogP contribution in [0, 0.1) is 5.82 Å². The van der Waals surface area contributed by atoms with E-state index in [1.165, 1.54) is 12.1 Å². The van der Waals surface area contributed by atoms with Crippen molar-refractivity contribution >= 4 is 11.6 Å². The zero-order valence-electron chi connectivity index (χ0n) is 9.86. The Bertz CT molecular complexity index is 544. The largest absolute Gasteiger partial charge is 0.334 e. The molecule has 0 bridgehead atoms. The number of rotatable bonds is 4. The summed E-state index contributed by atoms with van der Waals surface area (Å²) in [7, 11) is 0. The first kappa shape index (κ1) is 13.0. The molecule has 18 heavy (non-hydrogen) atoms. The zero-order valence-corrected chi connectivity index (χ0v) is 10.6. The van der Waals surface area contributed by atoms with Gasteiger partial charge in [-0.1, -0.05) is 29.7 Å². The summed E-state index contributed by atoms with van der Waals surface area (Å²) in [5, 5.41) is 3.78. The Morgan fingerprint density at radius 2 is 2.28 bits per heavy atom. The second-order valence-electron chi connectivity index (χ2n) is 3.99. The molecule has 0 aliphatic heterocycles. The van der Waals surface area contributed by atoms with Crippen molar-refractivity contribution in [2.24, 2.45) is 5.73 Å². The number of halogens is 2. The second kappa shape index (κ2) is 5.46. The third-order valence-corrected chi connectivity index (χ3v) is 3.00. The molecule has 1 unspecified atom stereocenters. The van der Waals surface area contributed by atoms with Gasteiger partial charge in [-0.05, 0) is 18.6 Å². The normalized spacial score (nSPS) is 12.7. The lowest BCUT2D eigenvalue weighted by Gasteiger charge is -2.02. The molecule has 1 heterocycles. The molecule has 0 saturated heterocycles. The van der Waals surface area contributed by atoms with Crippen LogP contribution in [0.25, 0.3) is 11.5 Å². The van der Waals surface area contributed by atoms with Crippen LogP contribution in [0.1, 0.15) is 19.2 Å². The first-order valence-electron chi connectivity index (χ1n) is 5.64. The maximum absolute atomic E-state index is 13.3. The van der Waals surface area contributed by atoms with Gasteiger partial charge in [0.05, 0.1) is 10.6 Å². The lowest BCUT2D eigenvalue weighted by Crippen LogP contribution is -2.21. The number of benzene rings is 1. The van der Waals surface area contributed by atoms with Gasteiger partial charge in [0, 0.05) is 12.5 Å². The minimum atomic E-state index is -0.515. The third kappa shape index (κ3) is 2.68. The molecule has 96 valence electrons. The summed E-state index contributed by atoms with van der Waals surface area (Å²) in [5.41, 5.74) is 6.19. The monoisotopic (exact) mass is 269 g/mol. The quantitative estimate of drug-likeness (QED) is 0.927. The average molecular weight is 270 g/mol. The molecule has 4 nitrogen and oxygen atoms in total. The molecule has 0 saturated carbocycles. The van der Waals surface area contributed by atoms with E-state index in [4.69, 9.17) is 21.9 Å². The average Bonchev–Trinajstić information content (AvgIpc) is 2.80. The van der Waals surface area contributed by atoms with Crippen LogP contribution in [0.4, 0.5) is 4.39 Å². The van der Waals surface area contributed by atoms with Gasteiger partial charge in [0.25, 0.3) is 5.89 Å². The van der Waals surface area contributed by atoms with Crippen LogP contribution < -0.4 is 5.73 Å². The fourth-order valence-electron chi connectivity index (χ4n) is 1.49. The highest BCUT2D eigenvalue weighted by molar-refractivity contribution is 6.33. The van der Waals surface area contributed by atoms with Gasteiger partial charge in [-0.15, -0.1) is 0 Å². The Morgan fingerprint density at radius 3 is 3.00 bits per heavy atom. The van der Waals surface area contributed by atoms with Crippen LogP contribution in [0.3, 0.4) is 0 Å². The highest BCUT2D eigenvalue weighted by atomic mass is 35.5. The Balaban J connectivity index is 2.27. The van der Waals surface area contributed by atoms with E-state index in [1.54, 1.807) is 6.07 Å². The van der Waals surface area contributed by atoms with Crippen molar-refractivity contribution in [1.82, 2.24) is 10.1 Å². The van der Waals surface area contributed by atoms with Crippen LogP contribution in [-0.2, 0) is 6.42 Å². The molecule has 2 aromatic rings. The number of hydrogen-bond donors (Lipinski definition) is 1. The maximum atomic E-state index is 13.3. The van der Waals surface area contributed by atoms with Gasteiger partial charge in [-0.2, -0.15) is 4.98 Å². The fourth-order valence-corrected chi connectivity index (χ4v) is 1.70. The Kier molecular flexibility index (Phi) is 3.93. The van der Waals surface area contributed by atoms with E-state index in [2.05, 4.69) is 10.1 Å². The van der Waals surface area contributed by atoms with E-state index in [0.29, 0.717) is 17.8 Å². The molecular formula is C12H13ClFN3O.